The highest BCUT2D eigenvalue weighted by atomic mass is 79.9. The van der Waals surface area contributed by atoms with E-state index in [1.807, 2.05) is 37.3 Å². The van der Waals surface area contributed by atoms with Gasteiger partial charge in [-0.3, -0.25) is 4.79 Å². The first-order chi connectivity index (χ1) is 9.49. The molecule has 0 aliphatic heterocycles. The lowest BCUT2D eigenvalue weighted by molar-refractivity contribution is 0.100. The third kappa shape index (κ3) is 3.32. The van der Waals surface area contributed by atoms with Crippen LogP contribution in [0.25, 0.3) is 0 Å². The van der Waals surface area contributed by atoms with E-state index < -0.39 is 5.91 Å². The molecule has 3 nitrogen and oxygen atoms in total. The molecule has 0 radical (unpaired) electrons. The van der Waals surface area contributed by atoms with E-state index in [4.69, 9.17) is 17.3 Å². The Morgan fingerprint density at radius 1 is 1.30 bits per heavy atom. The van der Waals surface area contributed by atoms with Crippen LogP contribution in [0.15, 0.2) is 46.9 Å². The quantitative estimate of drug-likeness (QED) is 0.857. The maximum atomic E-state index is 11.3. The van der Waals surface area contributed by atoms with Crippen LogP contribution in [0.3, 0.4) is 0 Å². The highest BCUT2D eigenvalue weighted by Gasteiger charge is 2.11. The number of primary amides is 1. The van der Waals surface area contributed by atoms with E-state index in [2.05, 4.69) is 21.2 Å². The number of nitrogens with one attached hydrogen (secondary N) is 1. The van der Waals surface area contributed by atoms with Gasteiger partial charge in [-0.2, -0.15) is 0 Å². The highest BCUT2D eigenvalue weighted by Crippen LogP contribution is 2.27. The molecule has 1 unspecified atom stereocenters. The third-order valence-corrected chi connectivity index (χ3v) is 4.04. The minimum atomic E-state index is -0.535. The van der Waals surface area contributed by atoms with Gasteiger partial charge in [-0.1, -0.05) is 45.7 Å². The van der Waals surface area contributed by atoms with Gasteiger partial charge in [0.25, 0.3) is 0 Å². The van der Waals surface area contributed by atoms with E-state index >= 15 is 0 Å². The average molecular weight is 354 g/mol. The van der Waals surface area contributed by atoms with Gasteiger partial charge in [-0.15, -0.1) is 0 Å². The zero-order valence-electron chi connectivity index (χ0n) is 10.9. The number of hydrogen-bond acceptors (Lipinski definition) is 2. The monoisotopic (exact) mass is 352 g/mol. The molecule has 0 fully saturated rings. The van der Waals surface area contributed by atoms with Gasteiger partial charge in [0.05, 0.1) is 10.6 Å². The van der Waals surface area contributed by atoms with Gasteiger partial charge in [0.1, 0.15) is 0 Å². The molecule has 2 rings (SSSR count). The molecule has 2 aromatic carbocycles. The first kappa shape index (κ1) is 14.9. The lowest BCUT2D eigenvalue weighted by Gasteiger charge is -2.17. The molecule has 0 aliphatic rings. The average Bonchev–Trinajstić information content (AvgIpc) is 2.41. The fraction of sp³-hybridized carbons (Fsp3) is 0.133. The van der Waals surface area contributed by atoms with Crippen molar-refractivity contribution in [1.82, 2.24) is 0 Å². The molecule has 2 aromatic rings. The standard InChI is InChI=1S/C15H14BrClN2O/c1-9(11-4-2-3-5-13(11)16)19-10-6-7-14(17)12(8-10)15(18)20/h2-9,19H,1H3,(H2,18,20). The summed E-state index contributed by atoms with van der Waals surface area (Å²) >= 11 is 9.46. The van der Waals surface area contributed by atoms with Gasteiger partial charge >= 0.3 is 0 Å². The number of anilines is 1. The lowest BCUT2D eigenvalue weighted by Crippen LogP contribution is -2.13. The maximum absolute atomic E-state index is 11.3. The molecule has 1 amide bonds. The second-order valence-corrected chi connectivity index (χ2v) is 5.71. The van der Waals surface area contributed by atoms with Crippen LogP contribution in [-0.2, 0) is 0 Å². The zero-order valence-corrected chi connectivity index (χ0v) is 13.2. The molecule has 20 heavy (non-hydrogen) atoms. The van der Waals surface area contributed by atoms with E-state index in [-0.39, 0.29) is 6.04 Å². The van der Waals surface area contributed by atoms with E-state index in [9.17, 15) is 4.79 Å². The number of amides is 1. The fourth-order valence-corrected chi connectivity index (χ4v) is 2.80. The number of carbonyl (C=O) groups is 1. The SMILES string of the molecule is CC(Nc1ccc(Cl)c(C(N)=O)c1)c1ccccc1Br. The number of rotatable bonds is 4. The molecule has 0 saturated carbocycles. The van der Waals surface area contributed by atoms with Crippen molar-refractivity contribution < 1.29 is 4.79 Å². The molecular weight excluding hydrogens is 340 g/mol. The Morgan fingerprint density at radius 3 is 2.65 bits per heavy atom. The van der Waals surface area contributed by atoms with Gasteiger partial charge in [0.15, 0.2) is 0 Å². The Hall–Kier alpha value is -1.52. The van der Waals surface area contributed by atoms with Gasteiger partial charge in [0.2, 0.25) is 5.91 Å². The molecule has 0 bridgehead atoms. The number of halogens is 2. The Labute approximate surface area is 131 Å². The van der Waals surface area contributed by atoms with Gasteiger partial charge in [-0.05, 0) is 36.8 Å². The van der Waals surface area contributed by atoms with Crippen molar-refractivity contribution in [3.8, 4) is 0 Å². The first-order valence-corrected chi connectivity index (χ1v) is 7.26. The molecule has 0 heterocycles. The second-order valence-electron chi connectivity index (χ2n) is 4.45. The lowest BCUT2D eigenvalue weighted by atomic mass is 10.1. The van der Waals surface area contributed by atoms with Crippen LogP contribution in [0.1, 0.15) is 28.9 Å². The van der Waals surface area contributed by atoms with Crippen LogP contribution in [0.2, 0.25) is 5.02 Å². The molecule has 104 valence electrons. The van der Waals surface area contributed by atoms with E-state index in [0.29, 0.717) is 10.6 Å². The summed E-state index contributed by atoms with van der Waals surface area (Å²) in [7, 11) is 0. The Kier molecular flexibility index (Phi) is 4.68. The Bertz CT molecular complexity index is 646. The van der Waals surface area contributed by atoms with Crippen LogP contribution < -0.4 is 11.1 Å². The van der Waals surface area contributed by atoms with Crippen molar-refractivity contribution in [2.24, 2.45) is 5.73 Å². The maximum Gasteiger partial charge on any atom is 0.250 e. The van der Waals surface area contributed by atoms with E-state index in [0.717, 1.165) is 15.7 Å². The molecule has 0 aromatic heterocycles. The number of benzene rings is 2. The topological polar surface area (TPSA) is 55.1 Å². The molecule has 1 atom stereocenters. The molecular formula is C15H14BrClN2O. The van der Waals surface area contributed by atoms with Gasteiger partial charge < -0.3 is 11.1 Å². The summed E-state index contributed by atoms with van der Waals surface area (Å²) in [4.78, 5) is 11.3. The summed E-state index contributed by atoms with van der Waals surface area (Å²) in [6.45, 7) is 2.04. The normalized spacial score (nSPS) is 11.9. The molecule has 0 aliphatic carbocycles. The summed E-state index contributed by atoms with van der Waals surface area (Å²) < 4.78 is 1.03. The largest absolute Gasteiger partial charge is 0.378 e. The van der Waals surface area contributed by atoms with Crippen molar-refractivity contribution >= 4 is 39.1 Å². The summed E-state index contributed by atoms with van der Waals surface area (Å²) in [5.41, 5.74) is 7.53. The van der Waals surface area contributed by atoms with Crippen molar-refractivity contribution in [1.29, 1.82) is 0 Å². The molecule has 0 saturated heterocycles. The molecule has 0 spiro atoms. The van der Waals surface area contributed by atoms with Gasteiger partial charge in [0, 0.05) is 16.2 Å². The first-order valence-electron chi connectivity index (χ1n) is 6.09. The van der Waals surface area contributed by atoms with Crippen molar-refractivity contribution in [2.75, 3.05) is 5.32 Å². The number of carbonyl (C=O) groups excluding carboxylic acids is 1. The zero-order chi connectivity index (χ0) is 14.7. The predicted molar refractivity (Wildman–Crippen MR) is 86.1 cm³/mol. The highest BCUT2D eigenvalue weighted by molar-refractivity contribution is 9.10. The summed E-state index contributed by atoms with van der Waals surface area (Å²) in [5.74, 6) is -0.535. The van der Waals surface area contributed by atoms with Crippen LogP contribution in [0, 0.1) is 0 Å². The number of nitrogens with two attached hydrogens (primary N) is 1. The third-order valence-electron chi connectivity index (χ3n) is 2.99. The Morgan fingerprint density at radius 2 is 2.00 bits per heavy atom. The van der Waals surface area contributed by atoms with Crippen molar-refractivity contribution in [3.63, 3.8) is 0 Å². The van der Waals surface area contributed by atoms with Crippen LogP contribution in [0.5, 0.6) is 0 Å². The Balaban J connectivity index is 2.24. The number of hydrogen-bond donors (Lipinski definition) is 2. The van der Waals surface area contributed by atoms with Crippen LogP contribution in [0.4, 0.5) is 5.69 Å². The molecule has 5 heteroatoms. The van der Waals surface area contributed by atoms with Gasteiger partial charge in [-0.25, -0.2) is 0 Å². The van der Waals surface area contributed by atoms with E-state index in [1.54, 1.807) is 12.1 Å². The fourth-order valence-electron chi connectivity index (χ4n) is 1.96. The second kappa shape index (κ2) is 6.29. The summed E-state index contributed by atoms with van der Waals surface area (Å²) in [5, 5.41) is 3.68. The van der Waals surface area contributed by atoms with Crippen LogP contribution >= 0.6 is 27.5 Å². The summed E-state index contributed by atoms with van der Waals surface area (Å²) in [6.07, 6.45) is 0. The van der Waals surface area contributed by atoms with Crippen molar-refractivity contribution in [3.05, 3.63) is 63.1 Å². The van der Waals surface area contributed by atoms with Crippen molar-refractivity contribution in [2.45, 2.75) is 13.0 Å². The minimum Gasteiger partial charge on any atom is -0.378 e. The minimum absolute atomic E-state index is 0.0764. The summed E-state index contributed by atoms with van der Waals surface area (Å²) in [6, 6.07) is 13.2. The van der Waals surface area contributed by atoms with E-state index in [1.165, 1.54) is 0 Å². The molecule has 3 N–H and O–H groups in total. The predicted octanol–water partition coefficient (Wildman–Crippen LogP) is 4.37. The van der Waals surface area contributed by atoms with Crippen LogP contribution in [-0.4, -0.2) is 5.91 Å². The smallest absolute Gasteiger partial charge is 0.250 e.